The lowest BCUT2D eigenvalue weighted by Gasteiger charge is -2.28. The second-order valence-corrected chi connectivity index (χ2v) is 8.57. The van der Waals surface area contributed by atoms with Gasteiger partial charge in [0.2, 0.25) is 5.76 Å². The Hall–Kier alpha value is -3.79. The molecule has 1 aliphatic heterocycles. The van der Waals surface area contributed by atoms with Crippen LogP contribution in [0, 0.1) is 0 Å². The summed E-state index contributed by atoms with van der Waals surface area (Å²) < 4.78 is 15.8. The van der Waals surface area contributed by atoms with E-state index < -0.39 is 5.91 Å². The molecule has 0 saturated carbocycles. The molecule has 4 rings (SSSR count). The van der Waals surface area contributed by atoms with Crippen LogP contribution in [-0.4, -0.2) is 46.3 Å². The van der Waals surface area contributed by atoms with Crippen LogP contribution in [0.15, 0.2) is 64.6 Å². The molecular weight excluding hydrogens is 456 g/mol. The molecule has 0 saturated heterocycles. The van der Waals surface area contributed by atoms with Crippen LogP contribution in [0.2, 0.25) is 0 Å². The molecule has 10 heteroatoms. The van der Waals surface area contributed by atoms with Gasteiger partial charge in [-0.15, -0.1) is 0 Å². The second kappa shape index (κ2) is 10.4. The van der Waals surface area contributed by atoms with Crippen molar-refractivity contribution >= 4 is 34.3 Å². The summed E-state index contributed by atoms with van der Waals surface area (Å²) in [7, 11) is 3.17. The third kappa shape index (κ3) is 5.07. The van der Waals surface area contributed by atoms with Gasteiger partial charge in [0.25, 0.3) is 5.91 Å². The van der Waals surface area contributed by atoms with E-state index in [9.17, 15) is 9.59 Å². The summed E-state index contributed by atoms with van der Waals surface area (Å²) in [6, 6.07) is 12.8. The van der Waals surface area contributed by atoms with Crippen molar-refractivity contribution in [2.24, 2.45) is 5.10 Å². The summed E-state index contributed by atoms with van der Waals surface area (Å²) in [5.74, 6) is 0.934. The van der Waals surface area contributed by atoms with Gasteiger partial charge in [-0.25, -0.2) is 9.99 Å². The van der Waals surface area contributed by atoms with Crippen LogP contribution in [0.4, 0.5) is 10.5 Å². The quantitative estimate of drug-likeness (QED) is 0.494. The van der Waals surface area contributed by atoms with Gasteiger partial charge in [-0.1, -0.05) is 30.8 Å². The molecule has 1 N–H and O–H groups in total. The molecule has 1 aromatic heterocycles. The number of hydrazone groups is 1. The number of anilines is 1. The molecule has 0 radical (unpaired) electrons. The maximum atomic E-state index is 12.8. The monoisotopic (exact) mass is 480 g/mol. The number of aromatic nitrogens is 1. The maximum absolute atomic E-state index is 12.8. The Bertz CT molecular complexity index is 1210. The first-order chi connectivity index (χ1) is 16.5. The van der Waals surface area contributed by atoms with Gasteiger partial charge in [0.15, 0.2) is 17.9 Å². The number of thioether (sulfide) groups is 1. The predicted molar refractivity (Wildman–Crippen MR) is 130 cm³/mol. The largest absolute Gasteiger partial charge is 0.493 e. The lowest BCUT2D eigenvalue weighted by atomic mass is 10.0. The lowest BCUT2D eigenvalue weighted by Crippen LogP contribution is -2.34. The van der Waals surface area contributed by atoms with Crippen molar-refractivity contribution in [1.29, 1.82) is 0 Å². The van der Waals surface area contributed by atoms with Crippen molar-refractivity contribution in [3.8, 4) is 11.5 Å². The topological polar surface area (TPSA) is 106 Å². The van der Waals surface area contributed by atoms with Gasteiger partial charge in [0, 0.05) is 11.3 Å². The van der Waals surface area contributed by atoms with Crippen LogP contribution in [0.1, 0.15) is 35.0 Å². The Balaban J connectivity index is 1.58. The zero-order chi connectivity index (χ0) is 24.1. The average molecular weight is 481 g/mol. The fraction of sp³-hybridized carbons (Fsp3) is 0.250. The number of carbonyl (C=O) groups excluding carboxylic acids is 2. The first kappa shape index (κ1) is 23.4. The maximum Gasteiger partial charge on any atom is 0.302 e. The van der Waals surface area contributed by atoms with Gasteiger partial charge in [-0.05, 0) is 42.3 Å². The number of ether oxygens (including phenoxy) is 2. The summed E-state index contributed by atoms with van der Waals surface area (Å²) in [5.41, 5.74) is 3.05. The highest BCUT2D eigenvalue weighted by atomic mass is 32.2. The number of hydrogen-bond donors (Lipinski definition) is 1. The van der Waals surface area contributed by atoms with Crippen molar-refractivity contribution in [3.63, 3.8) is 0 Å². The number of nitrogens with one attached hydrogen (secondary N) is 1. The Labute approximate surface area is 201 Å². The second-order valence-electron chi connectivity index (χ2n) is 7.41. The van der Waals surface area contributed by atoms with Crippen molar-refractivity contribution < 1.29 is 23.5 Å². The van der Waals surface area contributed by atoms with E-state index in [-0.39, 0.29) is 22.8 Å². The highest BCUT2D eigenvalue weighted by Gasteiger charge is 2.30. The molecule has 1 aliphatic rings. The van der Waals surface area contributed by atoms with Gasteiger partial charge >= 0.3 is 5.24 Å². The Kier molecular flexibility index (Phi) is 7.17. The van der Waals surface area contributed by atoms with Crippen LogP contribution in [-0.2, 0) is 6.54 Å². The van der Waals surface area contributed by atoms with Gasteiger partial charge in [-0.3, -0.25) is 9.59 Å². The van der Waals surface area contributed by atoms with Crippen molar-refractivity contribution in [2.45, 2.75) is 25.1 Å². The highest BCUT2D eigenvalue weighted by molar-refractivity contribution is 8.14. The number of hydrogen-bond acceptors (Lipinski definition) is 8. The number of nitrogens with zero attached hydrogens (tertiary/aromatic N) is 3. The molecule has 9 nitrogen and oxygen atoms in total. The smallest absolute Gasteiger partial charge is 0.302 e. The van der Waals surface area contributed by atoms with E-state index in [0.717, 1.165) is 23.3 Å². The predicted octanol–water partition coefficient (Wildman–Crippen LogP) is 4.80. The van der Waals surface area contributed by atoms with Crippen LogP contribution in [0.3, 0.4) is 0 Å². The molecule has 1 unspecified atom stereocenters. The summed E-state index contributed by atoms with van der Waals surface area (Å²) >= 11 is 1.25. The average Bonchev–Trinajstić information content (AvgIpc) is 3.40. The zero-order valence-corrected chi connectivity index (χ0v) is 19.8. The van der Waals surface area contributed by atoms with Crippen molar-refractivity contribution in [3.05, 3.63) is 71.9 Å². The zero-order valence-electron chi connectivity index (χ0n) is 19.0. The van der Waals surface area contributed by atoms with E-state index in [2.05, 4.69) is 10.3 Å². The summed E-state index contributed by atoms with van der Waals surface area (Å²) in [6.45, 7) is 2.28. The third-order valence-corrected chi connectivity index (χ3v) is 6.46. The van der Waals surface area contributed by atoms with E-state index >= 15 is 0 Å². The number of amides is 2. The summed E-state index contributed by atoms with van der Waals surface area (Å²) in [5, 5.41) is 8.72. The standard InChI is InChI=1S/C24H24N4O5S/c1-4-21-22(16-8-9-18(31-2)19(11-16)32-3)27-28(24(30)34-21)13-15-6-5-7-17(10-15)26-23(29)20-12-25-14-33-20/h5-12,14,21H,4,13H2,1-3H3,(H,26,29). The Morgan fingerprint density at radius 1 is 1.18 bits per heavy atom. The van der Waals surface area contributed by atoms with Crippen LogP contribution < -0.4 is 14.8 Å². The molecule has 1 atom stereocenters. The van der Waals surface area contributed by atoms with E-state index in [1.807, 2.05) is 31.2 Å². The minimum Gasteiger partial charge on any atom is -0.493 e. The molecule has 34 heavy (non-hydrogen) atoms. The fourth-order valence-corrected chi connectivity index (χ4v) is 4.46. The number of carbonyl (C=O) groups is 2. The van der Waals surface area contributed by atoms with E-state index in [0.29, 0.717) is 17.2 Å². The Morgan fingerprint density at radius 3 is 2.71 bits per heavy atom. The molecule has 176 valence electrons. The fourth-order valence-electron chi connectivity index (χ4n) is 3.53. The van der Waals surface area contributed by atoms with Crippen molar-refractivity contribution in [2.75, 3.05) is 19.5 Å². The van der Waals surface area contributed by atoms with Gasteiger partial charge in [0.1, 0.15) is 0 Å². The highest BCUT2D eigenvalue weighted by Crippen LogP contribution is 2.33. The summed E-state index contributed by atoms with van der Waals surface area (Å²) in [6.07, 6.45) is 3.29. The van der Waals surface area contributed by atoms with E-state index in [1.165, 1.54) is 29.4 Å². The first-order valence-electron chi connectivity index (χ1n) is 10.6. The number of rotatable bonds is 8. The molecule has 0 fully saturated rings. The Morgan fingerprint density at radius 2 is 2.00 bits per heavy atom. The lowest BCUT2D eigenvalue weighted by molar-refractivity contribution is 0.0996. The van der Waals surface area contributed by atoms with E-state index in [4.69, 9.17) is 19.0 Å². The first-order valence-corrected chi connectivity index (χ1v) is 11.5. The molecule has 2 heterocycles. The molecule has 2 aromatic carbocycles. The van der Waals surface area contributed by atoms with Crippen LogP contribution in [0.5, 0.6) is 11.5 Å². The SMILES string of the molecule is CCC1SC(=O)N(Cc2cccc(NC(=O)c3cnco3)c2)N=C1c1ccc(OC)c(OC)c1. The normalized spacial score (nSPS) is 15.6. The number of methoxy groups -OCH3 is 2. The molecule has 0 aliphatic carbocycles. The molecular formula is C24H24N4O5S. The van der Waals surface area contributed by atoms with Crippen molar-refractivity contribution in [1.82, 2.24) is 9.99 Å². The molecule has 0 bridgehead atoms. The molecule has 0 spiro atoms. The molecule has 3 aromatic rings. The minimum absolute atomic E-state index is 0.0746. The van der Waals surface area contributed by atoms with Gasteiger partial charge in [0.05, 0.1) is 37.9 Å². The third-order valence-electron chi connectivity index (χ3n) is 5.21. The number of benzene rings is 2. The van der Waals surface area contributed by atoms with Crippen LogP contribution >= 0.6 is 11.8 Å². The minimum atomic E-state index is -0.404. The van der Waals surface area contributed by atoms with Crippen LogP contribution in [0.25, 0.3) is 0 Å². The van der Waals surface area contributed by atoms with Gasteiger partial charge < -0.3 is 19.2 Å². The van der Waals surface area contributed by atoms with E-state index in [1.54, 1.807) is 32.4 Å². The summed E-state index contributed by atoms with van der Waals surface area (Å²) in [4.78, 5) is 28.8. The number of oxazole rings is 1. The van der Waals surface area contributed by atoms with Gasteiger partial charge in [-0.2, -0.15) is 5.10 Å². The molecule has 2 amide bonds.